The van der Waals surface area contributed by atoms with E-state index in [2.05, 4.69) is 4.98 Å². The normalized spacial score (nSPS) is 10.6. The van der Waals surface area contributed by atoms with Crippen LogP contribution in [-0.2, 0) is 6.54 Å². The monoisotopic (exact) mass is 219 g/mol. The third kappa shape index (κ3) is 2.21. The van der Waals surface area contributed by atoms with E-state index in [9.17, 15) is 4.39 Å². The molecule has 2 rings (SSSR count). The van der Waals surface area contributed by atoms with E-state index in [4.69, 9.17) is 5.73 Å². The number of imidazole rings is 1. The number of anilines is 1. The molecule has 0 aliphatic rings. The molecule has 0 aliphatic heterocycles. The van der Waals surface area contributed by atoms with E-state index in [0.29, 0.717) is 18.7 Å². The number of halogens is 1. The Labute approximate surface area is 93.7 Å². The fourth-order valence-electron chi connectivity index (χ4n) is 1.66. The molecular weight excluding hydrogens is 205 g/mol. The lowest BCUT2D eigenvalue weighted by Gasteiger charge is -2.06. The van der Waals surface area contributed by atoms with Crippen molar-refractivity contribution in [1.29, 1.82) is 0 Å². The average Bonchev–Trinajstić information content (AvgIpc) is 2.74. The summed E-state index contributed by atoms with van der Waals surface area (Å²) in [6, 6.07) is 7.54. The van der Waals surface area contributed by atoms with Crippen LogP contribution >= 0.6 is 0 Å². The molecule has 0 unspecified atom stereocenters. The van der Waals surface area contributed by atoms with Crippen molar-refractivity contribution >= 4 is 5.69 Å². The lowest BCUT2D eigenvalue weighted by atomic mass is 10.2. The number of rotatable bonds is 4. The molecule has 4 heteroatoms. The van der Waals surface area contributed by atoms with Gasteiger partial charge in [-0.15, -0.1) is 0 Å². The molecule has 16 heavy (non-hydrogen) atoms. The van der Waals surface area contributed by atoms with Crippen LogP contribution in [0.25, 0.3) is 11.4 Å². The SMILES string of the molecule is Nc1cccc(-c2nccn2CCCF)c1. The van der Waals surface area contributed by atoms with E-state index >= 15 is 0 Å². The molecule has 0 fully saturated rings. The van der Waals surface area contributed by atoms with E-state index < -0.39 is 0 Å². The summed E-state index contributed by atoms with van der Waals surface area (Å²) < 4.78 is 14.1. The highest BCUT2D eigenvalue weighted by Crippen LogP contribution is 2.19. The Morgan fingerprint density at radius 2 is 2.25 bits per heavy atom. The van der Waals surface area contributed by atoms with E-state index in [-0.39, 0.29) is 6.67 Å². The molecule has 0 radical (unpaired) electrons. The molecule has 84 valence electrons. The summed E-state index contributed by atoms with van der Waals surface area (Å²) in [5.74, 6) is 0.834. The fraction of sp³-hybridized carbons (Fsp3) is 0.250. The van der Waals surface area contributed by atoms with Gasteiger partial charge in [0, 0.05) is 30.2 Å². The molecule has 1 aromatic carbocycles. The van der Waals surface area contributed by atoms with Gasteiger partial charge in [0.2, 0.25) is 0 Å². The summed E-state index contributed by atoms with van der Waals surface area (Å²) in [5.41, 5.74) is 7.39. The van der Waals surface area contributed by atoms with Gasteiger partial charge in [-0.25, -0.2) is 4.98 Å². The van der Waals surface area contributed by atoms with Gasteiger partial charge < -0.3 is 10.3 Å². The zero-order valence-corrected chi connectivity index (χ0v) is 8.94. The Balaban J connectivity index is 2.29. The van der Waals surface area contributed by atoms with Crippen LogP contribution in [0.1, 0.15) is 6.42 Å². The number of aryl methyl sites for hydroxylation is 1. The van der Waals surface area contributed by atoms with Crippen molar-refractivity contribution in [3.63, 3.8) is 0 Å². The van der Waals surface area contributed by atoms with Crippen LogP contribution in [0.5, 0.6) is 0 Å². The van der Waals surface area contributed by atoms with Crippen molar-refractivity contribution in [2.24, 2.45) is 0 Å². The summed E-state index contributed by atoms with van der Waals surface area (Å²) in [4.78, 5) is 4.27. The van der Waals surface area contributed by atoms with Crippen LogP contribution in [0.3, 0.4) is 0 Å². The summed E-state index contributed by atoms with van der Waals surface area (Å²) in [7, 11) is 0. The molecule has 0 aliphatic carbocycles. The van der Waals surface area contributed by atoms with Crippen LogP contribution in [0.15, 0.2) is 36.7 Å². The number of aromatic nitrogens is 2. The van der Waals surface area contributed by atoms with Crippen LogP contribution in [0.2, 0.25) is 0 Å². The van der Waals surface area contributed by atoms with Crippen LogP contribution in [0.4, 0.5) is 10.1 Å². The van der Waals surface area contributed by atoms with Crippen molar-refractivity contribution in [1.82, 2.24) is 9.55 Å². The quantitative estimate of drug-likeness (QED) is 0.803. The zero-order valence-electron chi connectivity index (χ0n) is 8.94. The van der Waals surface area contributed by atoms with Gasteiger partial charge in [-0.3, -0.25) is 4.39 Å². The molecule has 3 nitrogen and oxygen atoms in total. The molecule has 0 spiro atoms. The summed E-state index contributed by atoms with van der Waals surface area (Å²) >= 11 is 0. The summed E-state index contributed by atoms with van der Waals surface area (Å²) in [6.45, 7) is 0.329. The lowest BCUT2D eigenvalue weighted by Crippen LogP contribution is -2.00. The Morgan fingerprint density at radius 3 is 3.00 bits per heavy atom. The van der Waals surface area contributed by atoms with Gasteiger partial charge in [-0.1, -0.05) is 12.1 Å². The Hall–Kier alpha value is -1.84. The number of benzene rings is 1. The van der Waals surface area contributed by atoms with Gasteiger partial charge in [0.25, 0.3) is 0 Å². The smallest absolute Gasteiger partial charge is 0.139 e. The third-order valence-electron chi connectivity index (χ3n) is 2.39. The van der Waals surface area contributed by atoms with E-state index in [0.717, 1.165) is 11.4 Å². The fourth-order valence-corrected chi connectivity index (χ4v) is 1.66. The lowest BCUT2D eigenvalue weighted by molar-refractivity contribution is 0.448. The van der Waals surface area contributed by atoms with E-state index in [1.165, 1.54) is 0 Å². The number of hydrogen-bond donors (Lipinski definition) is 1. The molecule has 0 saturated carbocycles. The van der Waals surface area contributed by atoms with Crippen molar-refractivity contribution in [3.05, 3.63) is 36.7 Å². The molecular formula is C12H14FN3. The molecule has 0 atom stereocenters. The summed E-state index contributed by atoms with van der Waals surface area (Å²) in [5, 5.41) is 0. The second-order valence-electron chi connectivity index (χ2n) is 3.61. The van der Waals surface area contributed by atoms with Gasteiger partial charge in [0.15, 0.2) is 0 Å². The van der Waals surface area contributed by atoms with Crippen molar-refractivity contribution in [3.8, 4) is 11.4 Å². The van der Waals surface area contributed by atoms with Crippen molar-refractivity contribution in [2.45, 2.75) is 13.0 Å². The van der Waals surface area contributed by atoms with Crippen molar-refractivity contribution < 1.29 is 4.39 Å². The first-order chi connectivity index (χ1) is 7.81. The predicted octanol–water partition coefficient (Wildman–Crippen LogP) is 2.49. The summed E-state index contributed by atoms with van der Waals surface area (Å²) in [6.07, 6.45) is 4.08. The average molecular weight is 219 g/mol. The standard InChI is InChI=1S/C12H14FN3/c13-5-2-7-16-8-6-15-12(16)10-3-1-4-11(14)9-10/h1,3-4,6,8-9H,2,5,7,14H2. The minimum absolute atomic E-state index is 0.311. The highest BCUT2D eigenvalue weighted by atomic mass is 19.1. The number of nitrogens with zero attached hydrogens (tertiary/aromatic N) is 2. The molecule has 1 heterocycles. The van der Waals surface area contributed by atoms with Gasteiger partial charge in [0.05, 0.1) is 6.67 Å². The first-order valence-corrected chi connectivity index (χ1v) is 5.24. The zero-order chi connectivity index (χ0) is 11.4. The second-order valence-corrected chi connectivity index (χ2v) is 3.61. The number of nitrogen functional groups attached to an aromatic ring is 1. The third-order valence-corrected chi connectivity index (χ3v) is 2.39. The minimum atomic E-state index is -0.311. The molecule has 0 saturated heterocycles. The number of hydrogen-bond acceptors (Lipinski definition) is 2. The highest BCUT2D eigenvalue weighted by Gasteiger charge is 2.05. The largest absolute Gasteiger partial charge is 0.399 e. The van der Waals surface area contributed by atoms with E-state index in [1.54, 1.807) is 6.20 Å². The molecule has 2 N–H and O–H groups in total. The first-order valence-electron chi connectivity index (χ1n) is 5.24. The Kier molecular flexibility index (Phi) is 3.19. The van der Waals surface area contributed by atoms with Crippen LogP contribution in [-0.4, -0.2) is 16.2 Å². The van der Waals surface area contributed by atoms with Gasteiger partial charge in [0.1, 0.15) is 5.82 Å². The Bertz CT molecular complexity index is 465. The maximum atomic E-state index is 12.1. The van der Waals surface area contributed by atoms with E-state index in [1.807, 2.05) is 35.0 Å². The molecule has 2 aromatic rings. The predicted molar refractivity (Wildman–Crippen MR) is 62.7 cm³/mol. The molecule has 0 amide bonds. The molecule has 1 aromatic heterocycles. The minimum Gasteiger partial charge on any atom is -0.399 e. The van der Waals surface area contributed by atoms with Gasteiger partial charge in [-0.05, 0) is 18.6 Å². The van der Waals surface area contributed by atoms with Crippen LogP contribution < -0.4 is 5.73 Å². The van der Waals surface area contributed by atoms with Crippen molar-refractivity contribution in [2.75, 3.05) is 12.4 Å². The first kappa shape index (κ1) is 10.7. The van der Waals surface area contributed by atoms with Gasteiger partial charge >= 0.3 is 0 Å². The maximum Gasteiger partial charge on any atom is 0.139 e. The second kappa shape index (κ2) is 4.79. The van der Waals surface area contributed by atoms with Crippen LogP contribution in [0, 0.1) is 0 Å². The molecule has 0 bridgehead atoms. The maximum absolute atomic E-state index is 12.1. The number of alkyl halides is 1. The number of nitrogens with two attached hydrogens (primary N) is 1. The van der Waals surface area contributed by atoms with Gasteiger partial charge in [-0.2, -0.15) is 0 Å². The highest BCUT2D eigenvalue weighted by molar-refractivity contribution is 5.61. The topological polar surface area (TPSA) is 43.8 Å². The Morgan fingerprint density at radius 1 is 1.38 bits per heavy atom.